The van der Waals surface area contributed by atoms with Crippen molar-refractivity contribution in [1.29, 1.82) is 5.26 Å². The standard InChI is InChI=1S/C22H17N3O3S/c1-13-8-16(6-7-18(13)28-2)17-12-29-20-19(17)21(26)25(22(27)24-20)11-15-5-3-4-14(9-15)10-23/h3-9,12H,11H2,1-2H3,(H,24,27). The minimum absolute atomic E-state index is 0.0938. The summed E-state index contributed by atoms with van der Waals surface area (Å²) in [6.45, 7) is 2.04. The molecule has 0 aliphatic rings. The van der Waals surface area contributed by atoms with E-state index in [4.69, 9.17) is 10.00 Å². The van der Waals surface area contributed by atoms with Gasteiger partial charge in [0, 0.05) is 10.9 Å². The van der Waals surface area contributed by atoms with Crippen LogP contribution in [0.2, 0.25) is 0 Å². The highest BCUT2D eigenvalue weighted by Gasteiger charge is 2.16. The number of fused-ring (bicyclic) bond motifs is 1. The molecule has 29 heavy (non-hydrogen) atoms. The summed E-state index contributed by atoms with van der Waals surface area (Å²) in [5, 5.41) is 11.4. The van der Waals surface area contributed by atoms with Crippen molar-refractivity contribution in [2.45, 2.75) is 13.5 Å². The van der Waals surface area contributed by atoms with Crippen LogP contribution in [-0.2, 0) is 6.54 Å². The van der Waals surface area contributed by atoms with Crippen LogP contribution in [0, 0.1) is 18.3 Å². The summed E-state index contributed by atoms with van der Waals surface area (Å²) in [6, 6.07) is 14.7. The predicted molar refractivity (Wildman–Crippen MR) is 114 cm³/mol. The van der Waals surface area contributed by atoms with Gasteiger partial charge in [-0.15, -0.1) is 11.3 Å². The Labute approximate surface area is 170 Å². The summed E-state index contributed by atoms with van der Waals surface area (Å²) in [5.41, 5.74) is 3.00. The molecule has 0 saturated carbocycles. The molecule has 4 aromatic rings. The van der Waals surface area contributed by atoms with Crippen LogP contribution in [0.15, 0.2) is 57.4 Å². The number of ether oxygens (including phenoxy) is 1. The highest BCUT2D eigenvalue weighted by molar-refractivity contribution is 7.17. The lowest BCUT2D eigenvalue weighted by Gasteiger charge is -2.08. The number of hydrogen-bond donors (Lipinski definition) is 1. The fourth-order valence-electron chi connectivity index (χ4n) is 3.38. The Bertz CT molecular complexity index is 1390. The van der Waals surface area contributed by atoms with E-state index < -0.39 is 5.69 Å². The number of thiophene rings is 1. The number of nitriles is 1. The zero-order chi connectivity index (χ0) is 20.5. The van der Waals surface area contributed by atoms with Crippen LogP contribution in [0.1, 0.15) is 16.7 Å². The van der Waals surface area contributed by atoms with Gasteiger partial charge in [-0.3, -0.25) is 14.3 Å². The Kier molecular flexibility index (Phi) is 4.79. The molecule has 0 amide bonds. The molecule has 0 saturated heterocycles. The first kappa shape index (κ1) is 18.7. The number of benzene rings is 2. The van der Waals surface area contributed by atoms with Gasteiger partial charge in [-0.05, 0) is 47.9 Å². The molecule has 2 aromatic heterocycles. The summed E-state index contributed by atoms with van der Waals surface area (Å²) >= 11 is 1.33. The normalized spacial score (nSPS) is 10.8. The molecule has 0 atom stereocenters. The minimum Gasteiger partial charge on any atom is -0.496 e. The van der Waals surface area contributed by atoms with E-state index in [-0.39, 0.29) is 12.1 Å². The lowest BCUT2D eigenvalue weighted by molar-refractivity contribution is 0.412. The van der Waals surface area contributed by atoms with Crippen LogP contribution in [0.3, 0.4) is 0 Å². The Hall–Kier alpha value is -3.63. The number of nitrogens with one attached hydrogen (secondary N) is 1. The minimum atomic E-state index is -0.468. The third-order valence-corrected chi connectivity index (χ3v) is 5.71. The van der Waals surface area contributed by atoms with E-state index in [1.807, 2.05) is 30.5 Å². The molecule has 4 rings (SSSR count). The highest BCUT2D eigenvalue weighted by Crippen LogP contribution is 2.32. The lowest BCUT2D eigenvalue weighted by Crippen LogP contribution is -2.35. The summed E-state index contributed by atoms with van der Waals surface area (Å²) in [4.78, 5) is 29.1. The van der Waals surface area contributed by atoms with Crippen molar-refractivity contribution in [3.05, 3.63) is 85.4 Å². The Balaban J connectivity index is 1.87. The van der Waals surface area contributed by atoms with Gasteiger partial charge in [0.1, 0.15) is 10.6 Å². The molecule has 0 fully saturated rings. The van der Waals surface area contributed by atoms with E-state index in [1.165, 1.54) is 15.9 Å². The molecule has 6 nitrogen and oxygen atoms in total. The Morgan fingerprint density at radius 3 is 2.76 bits per heavy atom. The fourth-order valence-corrected chi connectivity index (χ4v) is 4.33. The molecule has 0 spiro atoms. The first-order valence-electron chi connectivity index (χ1n) is 8.90. The van der Waals surface area contributed by atoms with Crippen LogP contribution in [0.5, 0.6) is 5.75 Å². The van der Waals surface area contributed by atoms with E-state index in [1.54, 1.807) is 31.4 Å². The maximum absolute atomic E-state index is 13.2. The van der Waals surface area contributed by atoms with Crippen molar-refractivity contribution in [1.82, 2.24) is 9.55 Å². The molecule has 0 radical (unpaired) electrons. The largest absolute Gasteiger partial charge is 0.496 e. The molecule has 0 aliphatic heterocycles. The summed E-state index contributed by atoms with van der Waals surface area (Å²) in [5.74, 6) is 0.775. The van der Waals surface area contributed by atoms with Crippen molar-refractivity contribution >= 4 is 21.6 Å². The Morgan fingerprint density at radius 1 is 1.21 bits per heavy atom. The zero-order valence-corrected chi connectivity index (χ0v) is 16.7. The molecule has 2 aromatic carbocycles. The molecular weight excluding hydrogens is 386 g/mol. The van der Waals surface area contributed by atoms with Crippen molar-refractivity contribution in [2.75, 3.05) is 7.11 Å². The van der Waals surface area contributed by atoms with Crippen LogP contribution >= 0.6 is 11.3 Å². The van der Waals surface area contributed by atoms with Gasteiger partial charge in [-0.1, -0.05) is 18.2 Å². The smallest absolute Gasteiger partial charge is 0.329 e. The average molecular weight is 403 g/mol. The van der Waals surface area contributed by atoms with E-state index >= 15 is 0 Å². The topological polar surface area (TPSA) is 87.9 Å². The van der Waals surface area contributed by atoms with Crippen molar-refractivity contribution in [3.63, 3.8) is 0 Å². The van der Waals surface area contributed by atoms with E-state index in [2.05, 4.69) is 11.1 Å². The summed E-state index contributed by atoms with van der Waals surface area (Å²) in [6.07, 6.45) is 0. The van der Waals surface area contributed by atoms with E-state index in [9.17, 15) is 9.59 Å². The maximum atomic E-state index is 13.2. The first-order chi connectivity index (χ1) is 14.0. The second kappa shape index (κ2) is 7.41. The molecule has 7 heteroatoms. The molecule has 0 bridgehead atoms. The molecular formula is C22H17N3O3S. The molecule has 2 heterocycles. The summed E-state index contributed by atoms with van der Waals surface area (Å²) < 4.78 is 6.49. The molecule has 0 aliphatic carbocycles. The SMILES string of the molecule is COc1ccc(-c2csc3[nH]c(=O)n(Cc4cccc(C#N)c4)c(=O)c23)cc1C. The highest BCUT2D eigenvalue weighted by atomic mass is 32.1. The van der Waals surface area contributed by atoms with Crippen LogP contribution in [0.4, 0.5) is 0 Å². The number of H-pyrrole nitrogens is 1. The lowest BCUT2D eigenvalue weighted by atomic mass is 10.0. The van der Waals surface area contributed by atoms with Crippen LogP contribution in [0.25, 0.3) is 21.3 Å². The number of aromatic amines is 1. The van der Waals surface area contributed by atoms with Gasteiger partial charge in [0.15, 0.2) is 0 Å². The van der Waals surface area contributed by atoms with E-state index in [0.29, 0.717) is 21.3 Å². The molecule has 0 unspecified atom stereocenters. The number of hydrogen-bond acceptors (Lipinski definition) is 5. The van der Waals surface area contributed by atoms with Crippen molar-refractivity contribution < 1.29 is 4.74 Å². The number of methoxy groups -OCH3 is 1. The second-order valence-corrected chi connectivity index (χ2v) is 7.55. The van der Waals surface area contributed by atoms with Gasteiger partial charge in [0.25, 0.3) is 5.56 Å². The van der Waals surface area contributed by atoms with Gasteiger partial charge in [-0.25, -0.2) is 4.79 Å². The number of rotatable bonds is 4. The second-order valence-electron chi connectivity index (χ2n) is 6.67. The van der Waals surface area contributed by atoms with Crippen LogP contribution in [-0.4, -0.2) is 16.7 Å². The number of aromatic nitrogens is 2. The van der Waals surface area contributed by atoms with E-state index in [0.717, 1.165) is 22.4 Å². The zero-order valence-electron chi connectivity index (χ0n) is 15.9. The third-order valence-electron chi connectivity index (χ3n) is 4.82. The van der Waals surface area contributed by atoms with Gasteiger partial charge >= 0.3 is 5.69 Å². The number of aryl methyl sites for hydroxylation is 1. The number of nitrogens with zero attached hydrogens (tertiary/aromatic N) is 2. The van der Waals surface area contributed by atoms with Crippen molar-refractivity contribution in [3.8, 4) is 22.9 Å². The quantitative estimate of drug-likeness (QED) is 0.563. The molecule has 1 N–H and O–H groups in total. The van der Waals surface area contributed by atoms with Gasteiger partial charge in [0.2, 0.25) is 0 Å². The Morgan fingerprint density at radius 2 is 2.03 bits per heavy atom. The first-order valence-corrected chi connectivity index (χ1v) is 9.78. The van der Waals surface area contributed by atoms with Gasteiger partial charge in [-0.2, -0.15) is 5.26 Å². The average Bonchev–Trinajstić information content (AvgIpc) is 3.15. The summed E-state index contributed by atoms with van der Waals surface area (Å²) in [7, 11) is 1.62. The van der Waals surface area contributed by atoms with Gasteiger partial charge < -0.3 is 4.74 Å². The van der Waals surface area contributed by atoms with Gasteiger partial charge in [0.05, 0.1) is 30.7 Å². The molecule has 144 valence electrons. The fraction of sp³-hybridized carbons (Fsp3) is 0.136. The van der Waals surface area contributed by atoms with Crippen molar-refractivity contribution in [2.24, 2.45) is 0 Å². The maximum Gasteiger partial charge on any atom is 0.329 e. The van der Waals surface area contributed by atoms with Crippen LogP contribution < -0.4 is 16.0 Å². The predicted octanol–water partition coefficient (Wildman–Crippen LogP) is 3.66. The monoisotopic (exact) mass is 403 g/mol. The third kappa shape index (κ3) is 3.35.